The Labute approximate surface area is 296 Å². The second-order valence-electron chi connectivity index (χ2n) is 13.4. The van der Waals surface area contributed by atoms with Crippen LogP contribution >= 0.6 is 0 Å². The lowest BCUT2D eigenvalue weighted by atomic mass is 9.90. The van der Waals surface area contributed by atoms with Crippen LogP contribution in [0.25, 0.3) is 0 Å². The molecule has 0 aromatic heterocycles. The van der Waals surface area contributed by atoms with Gasteiger partial charge >= 0.3 is 0 Å². The summed E-state index contributed by atoms with van der Waals surface area (Å²) in [5.74, 6) is -0.628. The molecule has 0 aliphatic carbocycles. The van der Waals surface area contributed by atoms with E-state index in [-0.39, 0.29) is 48.9 Å². The number of nitrogens with one attached hydrogen (secondary N) is 5. The molecule has 3 amide bonds. The molecule has 274 valence electrons. The average Bonchev–Trinajstić information content (AvgIpc) is 3.11. The van der Waals surface area contributed by atoms with Gasteiger partial charge in [-0.25, -0.2) is 13.1 Å². The van der Waals surface area contributed by atoms with Crippen LogP contribution in [-0.4, -0.2) is 88.9 Å². The molecule has 2 unspecified atom stereocenters. The molecular formula is C36H53N7O6S. The fraction of sp³-hybridized carbons (Fsp3) is 0.556. The Hall–Kier alpha value is -3.85. The van der Waals surface area contributed by atoms with Crippen molar-refractivity contribution in [1.29, 1.82) is 5.41 Å². The second-order valence-corrected chi connectivity index (χ2v) is 15.2. The molecule has 2 aliphatic heterocycles. The summed E-state index contributed by atoms with van der Waals surface area (Å²) in [6, 6.07) is 13.9. The predicted molar refractivity (Wildman–Crippen MR) is 192 cm³/mol. The Morgan fingerprint density at radius 2 is 1.52 bits per heavy atom. The van der Waals surface area contributed by atoms with Crippen molar-refractivity contribution in [2.45, 2.75) is 75.7 Å². The smallest absolute Gasteiger partial charge is 0.248 e. The number of amidine groups is 1. The van der Waals surface area contributed by atoms with Crippen molar-refractivity contribution in [3.8, 4) is 0 Å². The van der Waals surface area contributed by atoms with Gasteiger partial charge in [0.15, 0.2) is 0 Å². The lowest BCUT2D eigenvalue weighted by Gasteiger charge is -2.32. The van der Waals surface area contributed by atoms with Gasteiger partial charge in [-0.2, -0.15) is 0 Å². The van der Waals surface area contributed by atoms with Crippen molar-refractivity contribution in [3.63, 3.8) is 0 Å². The Kier molecular flexibility index (Phi) is 15.2. The van der Waals surface area contributed by atoms with Crippen LogP contribution in [0.5, 0.6) is 0 Å². The summed E-state index contributed by atoms with van der Waals surface area (Å²) in [7, 11) is -2.42. The normalized spacial score (nSPS) is 17.1. The van der Waals surface area contributed by atoms with Crippen molar-refractivity contribution in [1.82, 2.24) is 25.6 Å². The van der Waals surface area contributed by atoms with Crippen LogP contribution in [0.1, 0.15) is 68.1 Å². The van der Waals surface area contributed by atoms with E-state index in [2.05, 4.69) is 20.7 Å². The first-order chi connectivity index (χ1) is 24.0. The van der Waals surface area contributed by atoms with Crippen LogP contribution in [0.2, 0.25) is 0 Å². The van der Waals surface area contributed by atoms with Crippen molar-refractivity contribution in [3.05, 3.63) is 71.3 Å². The molecule has 0 spiro atoms. The largest absolute Gasteiger partial charge is 0.384 e. The summed E-state index contributed by atoms with van der Waals surface area (Å²) in [5.41, 5.74) is 7.56. The average molecular weight is 712 g/mol. The van der Waals surface area contributed by atoms with E-state index >= 15 is 0 Å². The molecule has 2 aliphatic rings. The van der Waals surface area contributed by atoms with Gasteiger partial charge in [0.2, 0.25) is 27.7 Å². The highest BCUT2D eigenvalue weighted by Crippen LogP contribution is 2.24. The third-order valence-corrected chi connectivity index (χ3v) is 11.0. The number of sulfonamides is 1. The summed E-state index contributed by atoms with van der Waals surface area (Å²) in [6.45, 7) is 3.24. The van der Waals surface area contributed by atoms with Gasteiger partial charge in [0, 0.05) is 32.3 Å². The maximum atomic E-state index is 14.0. The molecule has 2 aromatic rings. The molecule has 0 radical (unpaired) electrons. The van der Waals surface area contributed by atoms with E-state index in [4.69, 9.17) is 15.9 Å². The highest BCUT2D eigenvalue weighted by molar-refractivity contribution is 7.88. The lowest BCUT2D eigenvalue weighted by molar-refractivity contribution is -0.136. The third-order valence-electron chi connectivity index (χ3n) is 9.62. The molecule has 7 N–H and O–H groups in total. The molecule has 13 nitrogen and oxygen atoms in total. The number of carbonyl (C=O) groups is 3. The zero-order valence-electron chi connectivity index (χ0n) is 29.0. The van der Waals surface area contributed by atoms with Gasteiger partial charge in [0.1, 0.15) is 24.5 Å². The number of methoxy groups -OCH3 is 1. The number of nitrogen functional groups attached to an aromatic ring is 1. The molecule has 4 rings (SSSR count). The number of ether oxygens (including phenoxy) is 1. The van der Waals surface area contributed by atoms with Crippen molar-refractivity contribution < 1.29 is 27.5 Å². The van der Waals surface area contributed by atoms with E-state index in [9.17, 15) is 22.8 Å². The number of rotatable bonds is 18. The summed E-state index contributed by atoms with van der Waals surface area (Å²) in [6.07, 6.45) is 5.47. The van der Waals surface area contributed by atoms with Gasteiger partial charge in [-0.1, -0.05) is 54.6 Å². The quantitative estimate of drug-likeness (QED) is 0.0998. The Morgan fingerprint density at radius 1 is 0.900 bits per heavy atom. The van der Waals surface area contributed by atoms with Crippen LogP contribution in [0.3, 0.4) is 0 Å². The minimum Gasteiger partial charge on any atom is -0.384 e. The predicted octanol–water partition coefficient (Wildman–Crippen LogP) is 2.00. The fourth-order valence-electron chi connectivity index (χ4n) is 6.61. The highest BCUT2D eigenvalue weighted by atomic mass is 32.2. The number of amides is 3. The minimum absolute atomic E-state index is 0.0363. The van der Waals surface area contributed by atoms with Crippen LogP contribution in [-0.2, 0) is 41.4 Å². The fourth-order valence-corrected chi connectivity index (χ4v) is 7.99. The van der Waals surface area contributed by atoms with E-state index in [1.54, 1.807) is 53.4 Å². The van der Waals surface area contributed by atoms with Crippen LogP contribution < -0.4 is 26.4 Å². The number of nitrogens with zero attached hydrogens (tertiary/aromatic N) is 1. The van der Waals surface area contributed by atoms with Crippen LogP contribution in [0.15, 0.2) is 54.6 Å². The summed E-state index contributed by atoms with van der Waals surface area (Å²) in [4.78, 5) is 41.6. The van der Waals surface area contributed by atoms with Crippen molar-refractivity contribution in [2.24, 2.45) is 17.6 Å². The molecule has 14 heteroatoms. The summed E-state index contributed by atoms with van der Waals surface area (Å²) < 4.78 is 34.4. The number of benzene rings is 2. The molecule has 0 saturated carbocycles. The third kappa shape index (κ3) is 12.8. The standard InChI is InChI=1S/C36H53N7O6S/c1-49-24-33(44)43-21-17-27(18-22-43)10-14-32(42-50(47,48)25-29-5-3-2-4-6-29)36(46)41-31(13-9-26-15-19-39-20-16-26)35(45)40-23-28-7-11-30(12-8-28)34(37)38/h2-8,11-12,26-27,31-32,39,42H,9-10,13-25H2,1H3,(H3,37,38)(H,40,45)(H,41,46). The monoisotopic (exact) mass is 711 g/mol. The summed E-state index contributed by atoms with van der Waals surface area (Å²) >= 11 is 0. The molecule has 2 heterocycles. The first-order valence-electron chi connectivity index (χ1n) is 17.6. The minimum atomic E-state index is -3.91. The van der Waals surface area contributed by atoms with Gasteiger partial charge in [-0.3, -0.25) is 19.8 Å². The first kappa shape index (κ1) is 38.9. The molecule has 0 bridgehead atoms. The van der Waals surface area contributed by atoms with E-state index in [1.165, 1.54) is 7.11 Å². The molecule has 50 heavy (non-hydrogen) atoms. The van der Waals surface area contributed by atoms with Crippen molar-refractivity contribution in [2.75, 3.05) is 39.9 Å². The van der Waals surface area contributed by atoms with Crippen molar-refractivity contribution >= 4 is 33.6 Å². The lowest BCUT2D eigenvalue weighted by Crippen LogP contribution is -2.54. The molecule has 2 atom stereocenters. The molecule has 2 aromatic carbocycles. The van der Waals surface area contributed by atoms with Gasteiger partial charge in [-0.05, 0) is 87.4 Å². The van der Waals surface area contributed by atoms with E-state index in [0.29, 0.717) is 43.0 Å². The first-order valence-corrected chi connectivity index (χ1v) is 19.2. The Morgan fingerprint density at radius 3 is 2.14 bits per heavy atom. The topological polar surface area (TPSA) is 196 Å². The van der Waals surface area contributed by atoms with E-state index in [0.717, 1.165) is 50.8 Å². The number of likely N-dealkylation sites (tertiary alicyclic amines) is 1. The zero-order valence-corrected chi connectivity index (χ0v) is 29.8. The Bertz CT molecular complexity index is 1510. The second kappa shape index (κ2) is 19.5. The SMILES string of the molecule is COCC(=O)N1CCC(CCC(NS(=O)(=O)Cc2ccccc2)C(=O)NC(CCC2CCNCC2)C(=O)NCc2ccc(C(=N)N)cc2)CC1. The zero-order chi connectivity index (χ0) is 35.9. The molecular weight excluding hydrogens is 659 g/mol. The van der Waals surface area contributed by atoms with Crippen LogP contribution in [0.4, 0.5) is 0 Å². The van der Waals surface area contributed by atoms with E-state index in [1.807, 2.05) is 6.07 Å². The number of piperidine rings is 2. The highest BCUT2D eigenvalue weighted by Gasteiger charge is 2.31. The summed E-state index contributed by atoms with van der Waals surface area (Å²) in [5, 5.41) is 16.8. The number of hydrogen-bond acceptors (Lipinski definition) is 8. The van der Waals surface area contributed by atoms with Gasteiger partial charge < -0.3 is 31.3 Å². The number of hydrogen-bond donors (Lipinski definition) is 6. The van der Waals surface area contributed by atoms with Crippen LogP contribution in [0, 0.1) is 17.2 Å². The van der Waals surface area contributed by atoms with Gasteiger partial charge in [0.05, 0.1) is 5.75 Å². The van der Waals surface area contributed by atoms with Gasteiger partial charge in [-0.15, -0.1) is 0 Å². The molecule has 2 saturated heterocycles. The van der Waals surface area contributed by atoms with Gasteiger partial charge in [0.25, 0.3) is 0 Å². The maximum Gasteiger partial charge on any atom is 0.248 e. The number of nitrogens with two attached hydrogens (primary N) is 1. The Balaban J connectivity index is 1.45. The number of carbonyl (C=O) groups excluding carboxylic acids is 3. The van der Waals surface area contributed by atoms with E-state index < -0.39 is 28.0 Å². The maximum absolute atomic E-state index is 14.0. The molecule has 2 fully saturated rings.